The molecule has 96 valence electrons. The van der Waals surface area contributed by atoms with Crippen molar-refractivity contribution in [3.63, 3.8) is 0 Å². The Kier molecular flexibility index (Phi) is 5.75. The number of benzene rings is 1. The molecule has 17 heavy (non-hydrogen) atoms. The van der Waals surface area contributed by atoms with Crippen molar-refractivity contribution in [3.05, 3.63) is 29.8 Å². The number of anilines is 1. The van der Waals surface area contributed by atoms with Gasteiger partial charge < -0.3 is 15.0 Å². The minimum Gasteiger partial charge on any atom is -0.383 e. The van der Waals surface area contributed by atoms with Crippen molar-refractivity contribution in [1.82, 2.24) is 5.32 Å². The van der Waals surface area contributed by atoms with E-state index >= 15 is 0 Å². The summed E-state index contributed by atoms with van der Waals surface area (Å²) in [6.45, 7) is 6.02. The van der Waals surface area contributed by atoms with Gasteiger partial charge in [0.25, 0.3) is 0 Å². The van der Waals surface area contributed by atoms with Crippen LogP contribution in [-0.4, -0.2) is 32.8 Å². The number of methoxy groups -OCH3 is 1. The lowest BCUT2D eigenvalue weighted by Gasteiger charge is -2.30. The molecule has 0 amide bonds. The van der Waals surface area contributed by atoms with Crippen molar-refractivity contribution in [2.45, 2.75) is 19.5 Å². The van der Waals surface area contributed by atoms with Gasteiger partial charge in [-0.3, -0.25) is 0 Å². The fraction of sp³-hybridized carbons (Fsp3) is 0.538. The van der Waals surface area contributed by atoms with Crippen LogP contribution in [0.1, 0.15) is 12.5 Å². The van der Waals surface area contributed by atoms with Crippen LogP contribution in [-0.2, 0) is 11.3 Å². The lowest BCUT2D eigenvalue weighted by molar-refractivity contribution is 0.181. The molecule has 1 aliphatic heterocycles. The number of hydrogen-bond acceptors (Lipinski definition) is 3. The molecule has 0 aromatic heterocycles. The molecule has 1 aromatic rings. The van der Waals surface area contributed by atoms with Gasteiger partial charge in [-0.25, -0.2) is 0 Å². The first-order chi connectivity index (χ1) is 7.83. The maximum Gasteiger partial charge on any atom is 0.0663 e. The van der Waals surface area contributed by atoms with Gasteiger partial charge in [0.15, 0.2) is 0 Å². The van der Waals surface area contributed by atoms with Gasteiger partial charge in [-0.05, 0) is 18.6 Å². The average Bonchev–Trinajstić information content (AvgIpc) is 2.51. The molecule has 2 rings (SSSR count). The Bertz CT molecular complexity index is 346. The third kappa shape index (κ3) is 3.35. The van der Waals surface area contributed by atoms with E-state index in [0.29, 0.717) is 6.04 Å². The van der Waals surface area contributed by atoms with E-state index in [1.54, 1.807) is 7.11 Å². The predicted octanol–water partition coefficient (Wildman–Crippen LogP) is 2.05. The molecule has 3 nitrogen and oxygen atoms in total. The zero-order valence-corrected chi connectivity index (χ0v) is 11.3. The number of ether oxygens (including phenoxy) is 1. The summed E-state index contributed by atoms with van der Waals surface area (Å²) in [7, 11) is 1.76. The van der Waals surface area contributed by atoms with Crippen LogP contribution in [0.15, 0.2) is 24.3 Å². The Balaban J connectivity index is 0.00000144. The highest BCUT2D eigenvalue weighted by atomic mass is 35.5. The van der Waals surface area contributed by atoms with E-state index in [1.165, 1.54) is 11.3 Å². The van der Waals surface area contributed by atoms with Crippen molar-refractivity contribution in [1.29, 1.82) is 0 Å². The van der Waals surface area contributed by atoms with Crippen LogP contribution in [0.3, 0.4) is 0 Å². The summed E-state index contributed by atoms with van der Waals surface area (Å²) >= 11 is 0. The normalized spacial score (nSPS) is 16.7. The van der Waals surface area contributed by atoms with E-state index in [9.17, 15) is 0 Å². The maximum absolute atomic E-state index is 5.25. The van der Waals surface area contributed by atoms with Crippen molar-refractivity contribution in [3.8, 4) is 0 Å². The smallest absolute Gasteiger partial charge is 0.0663 e. The molecule has 0 spiro atoms. The van der Waals surface area contributed by atoms with Gasteiger partial charge in [0.1, 0.15) is 0 Å². The largest absolute Gasteiger partial charge is 0.383 e. The van der Waals surface area contributed by atoms with E-state index in [1.807, 2.05) is 0 Å². The van der Waals surface area contributed by atoms with Crippen molar-refractivity contribution in [2.24, 2.45) is 0 Å². The molecule has 1 aliphatic rings. The Hall–Kier alpha value is -0.770. The zero-order valence-electron chi connectivity index (χ0n) is 10.5. The minimum atomic E-state index is 0. The first kappa shape index (κ1) is 14.3. The number of nitrogens with one attached hydrogen (secondary N) is 1. The highest BCUT2D eigenvalue weighted by Gasteiger charge is 2.18. The molecule has 0 saturated carbocycles. The lowest BCUT2D eigenvalue weighted by Crippen LogP contribution is -2.39. The molecule has 0 aliphatic carbocycles. The molecule has 1 N–H and O–H groups in total. The Morgan fingerprint density at radius 1 is 1.41 bits per heavy atom. The number of hydrogen-bond donors (Lipinski definition) is 1. The SMILES string of the molecule is COCC(C)N1CCNCc2ccccc21.Cl. The second-order valence-corrected chi connectivity index (χ2v) is 4.30. The predicted molar refractivity (Wildman–Crippen MR) is 74.1 cm³/mol. The highest BCUT2D eigenvalue weighted by molar-refractivity contribution is 5.85. The highest BCUT2D eigenvalue weighted by Crippen LogP contribution is 2.23. The summed E-state index contributed by atoms with van der Waals surface area (Å²) in [5.41, 5.74) is 2.72. The Labute approximate surface area is 110 Å². The van der Waals surface area contributed by atoms with Crippen molar-refractivity contribution < 1.29 is 4.74 Å². The first-order valence-corrected chi connectivity index (χ1v) is 5.87. The molecule has 0 saturated heterocycles. The number of fused-ring (bicyclic) bond motifs is 1. The van der Waals surface area contributed by atoms with E-state index in [0.717, 1.165) is 26.2 Å². The molecule has 1 aromatic carbocycles. The summed E-state index contributed by atoms with van der Waals surface area (Å²) in [5.74, 6) is 0. The lowest BCUT2D eigenvalue weighted by atomic mass is 10.1. The van der Waals surface area contributed by atoms with Crippen LogP contribution in [0.2, 0.25) is 0 Å². The van der Waals surface area contributed by atoms with Gasteiger partial charge in [0.2, 0.25) is 0 Å². The Morgan fingerprint density at radius 3 is 2.94 bits per heavy atom. The summed E-state index contributed by atoms with van der Waals surface area (Å²) < 4.78 is 5.25. The van der Waals surface area contributed by atoms with Gasteiger partial charge in [0.05, 0.1) is 6.61 Å². The summed E-state index contributed by atoms with van der Waals surface area (Å²) in [4.78, 5) is 2.43. The van der Waals surface area contributed by atoms with Crippen LogP contribution in [0.5, 0.6) is 0 Å². The maximum atomic E-state index is 5.25. The van der Waals surface area contributed by atoms with Crippen LogP contribution in [0.25, 0.3) is 0 Å². The average molecular weight is 257 g/mol. The second-order valence-electron chi connectivity index (χ2n) is 4.30. The third-order valence-electron chi connectivity index (χ3n) is 3.09. The number of halogens is 1. The van der Waals surface area contributed by atoms with E-state index in [4.69, 9.17) is 4.74 Å². The van der Waals surface area contributed by atoms with Crippen LogP contribution >= 0.6 is 12.4 Å². The molecule has 1 unspecified atom stereocenters. The van der Waals surface area contributed by atoms with E-state index < -0.39 is 0 Å². The first-order valence-electron chi connectivity index (χ1n) is 5.87. The number of rotatable bonds is 3. The van der Waals surface area contributed by atoms with Crippen molar-refractivity contribution >= 4 is 18.1 Å². The standard InChI is InChI=1S/C13H20N2O.ClH/c1-11(10-16-2)15-8-7-14-9-12-5-3-4-6-13(12)15;/h3-6,11,14H,7-10H2,1-2H3;1H. The van der Waals surface area contributed by atoms with Crippen LogP contribution < -0.4 is 10.2 Å². The quantitative estimate of drug-likeness (QED) is 0.896. The fourth-order valence-electron chi connectivity index (χ4n) is 2.27. The van der Waals surface area contributed by atoms with Gasteiger partial charge >= 0.3 is 0 Å². The van der Waals surface area contributed by atoms with E-state index in [2.05, 4.69) is 41.4 Å². The van der Waals surface area contributed by atoms with Gasteiger partial charge in [-0.1, -0.05) is 18.2 Å². The molecule has 0 fully saturated rings. The fourth-order valence-corrected chi connectivity index (χ4v) is 2.27. The summed E-state index contributed by atoms with van der Waals surface area (Å²) in [5, 5.41) is 3.45. The van der Waals surface area contributed by atoms with E-state index in [-0.39, 0.29) is 12.4 Å². The molecular weight excluding hydrogens is 236 g/mol. The molecular formula is C13H21ClN2O. The summed E-state index contributed by atoms with van der Waals surface area (Å²) in [6, 6.07) is 9.03. The van der Waals surface area contributed by atoms with Gasteiger partial charge in [0, 0.05) is 38.5 Å². The molecule has 1 heterocycles. The molecule has 0 radical (unpaired) electrons. The number of nitrogens with zero attached hydrogens (tertiary/aromatic N) is 1. The molecule has 4 heteroatoms. The second kappa shape index (κ2) is 6.84. The topological polar surface area (TPSA) is 24.5 Å². The zero-order chi connectivity index (χ0) is 11.4. The van der Waals surface area contributed by atoms with Crippen LogP contribution in [0.4, 0.5) is 5.69 Å². The minimum absolute atomic E-state index is 0. The number of para-hydroxylation sites is 1. The van der Waals surface area contributed by atoms with Crippen molar-refractivity contribution in [2.75, 3.05) is 31.7 Å². The molecule has 0 bridgehead atoms. The van der Waals surface area contributed by atoms with Gasteiger partial charge in [-0.15, -0.1) is 12.4 Å². The van der Waals surface area contributed by atoms with Gasteiger partial charge in [-0.2, -0.15) is 0 Å². The summed E-state index contributed by atoms with van der Waals surface area (Å²) in [6.07, 6.45) is 0. The Morgan fingerprint density at radius 2 is 2.18 bits per heavy atom. The third-order valence-corrected chi connectivity index (χ3v) is 3.09. The monoisotopic (exact) mass is 256 g/mol. The van der Waals surface area contributed by atoms with Crippen LogP contribution in [0, 0.1) is 0 Å². The molecule has 1 atom stereocenters.